The molecule has 0 aliphatic rings. The number of likely N-dealkylation sites (N-methyl/N-ethyl adjacent to an activating group) is 1. The summed E-state index contributed by atoms with van der Waals surface area (Å²) in [7, 11) is 4.03. The average molecular weight is 249 g/mol. The van der Waals surface area contributed by atoms with Crippen molar-refractivity contribution in [2.24, 2.45) is 0 Å². The van der Waals surface area contributed by atoms with Gasteiger partial charge in [0.05, 0.1) is 6.20 Å². The third-order valence-electron chi connectivity index (χ3n) is 2.16. The number of hydrogen-bond donors (Lipinski definition) is 1. The Balaban J connectivity index is 2.61. The Kier molecular flexibility index (Phi) is 4.57. The highest BCUT2D eigenvalue weighted by molar-refractivity contribution is 6.33. The van der Waals surface area contributed by atoms with Crippen LogP contribution in [0.25, 0.3) is 0 Å². The van der Waals surface area contributed by atoms with E-state index in [-0.39, 0.29) is 5.28 Å². The van der Waals surface area contributed by atoms with Crippen LogP contribution in [0.4, 0.5) is 5.82 Å². The quantitative estimate of drug-likeness (QED) is 0.830. The van der Waals surface area contributed by atoms with Crippen LogP contribution in [0.3, 0.4) is 0 Å². The van der Waals surface area contributed by atoms with Crippen LogP contribution in [0.1, 0.15) is 6.92 Å². The number of halogens is 2. The second-order valence-electron chi connectivity index (χ2n) is 3.53. The van der Waals surface area contributed by atoms with E-state index >= 15 is 0 Å². The monoisotopic (exact) mass is 248 g/mol. The first-order chi connectivity index (χ1) is 7.00. The molecule has 1 heterocycles. The van der Waals surface area contributed by atoms with E-state index in [4.69, 9.17) is 23.2 Å². The summed E-state index contributed by atoms with van der Waals surface area (Å²) < 4.78 is 0. The predicted octanol–water partition coefficient (Wildman–Crippen LogP) is 2.15. The highest BCUT2D eigenvalue weighted by Crippen LogP contribution is 2.19. The van der Waals surface area contributed by atoms with Crippen LogP contribution in [-0.2, 0) is 0 Å². The molecular weight excluding hydrogens is 235 g/mol. The minimum absolute atomic E-state index is 0.194. The van der Waals surface area contributed by atoms with Crippen LogP contribution < -0.4 is 5.32 Å². The highest BCUT2D eigenvalue weighted by Gasteiger charge is 2.07. The van der Waals surface area contributed by atoms with Gasteiger partial charge >= 0.3 is 0 Å². The molecule has 84 valence electrons. The highest BCUT2D eigenvalue weighted by atomic mass is 35.5. The number of anilines is 1. The lowest BCUT2D eigenvalue weighted by Gasteiger charge is -2.20. The third kappa shape index (κ3) is 3.81. The second-order valence-corrected chi connectivity index (χ2v) is 4.27. The molecule has 0 fully saturated rings. The molecule has 1 rings (SSSR count). The summed E-state index contributed by atoms with van der Waals surface area (Å²) >= 11 is 11.6. The molecule has 1 aromatic rings. The summed E-state index contributed by atoms with van der Waals surface area (Å²) in [6.07, 6.45) is 1.49. The molecule has 0 saturated carbocycles. The first kappa shape index (κ1) is 12.5. The molecular formula is C9H14Cl2N4. The van der Waals surface area contributed by atoms with Gasteiger partial charge in [-0.1, -0.05) is 11.6 Å². The summed E-state index contributed by atoms with van der Waals surface area (Å²) in [5.74, 6) is 0.574. The molecule has 0 spiro atoms. The molecule has 0 aliphatic carbocycles. The Morgan fingerprint density at radius 3 is 2.73 bits per heavy atom. The molecule has 1 aromatic heterocycles. The Bertz CT molecular complexity index is 330. The van der Waals surface area contributed by atoms with Crippen molar-refractivity contribution in [2.45, 2.75) is 13.0 Å². The van der Waals surface area contributed by atoms with Gasteiger partial charge in [0.1, 0.15) is 10.8 Å². The fraction of sp³-hybridized carbons (Fsp3) is 0.556. The zero-order valence-electron chi connectivity index (χ0n) is 8.96. The third-order valence-corrected chi connectivity index (χ3v) is 2.62. The Hall–Kier alpha value is -0.580. The van der Waals surface area contributed by atoms with E-state index in [1.54, 1.807) is 0 Å². The molecule has 1 atom stereocenters. The Morgan fingerprint density at radius 1 is 1.47 bits per heavy atom. The molecule has 0 radical (unpaired) electrons. The van der Waals surface area contributed by atoms with Crippen LogP contribution in [0.5, 0.6) is 0 Å². The number of nitrogens with one attached hydrogen (secondary N) is 1. The van der Waals surface area contributed by atoms with Gasteiger partial charge in [0.15, 0.2) is 0 Å². The van der Waals surface area contributed by atoms with Crippen LogP contribution in [0.15, 0.2) is 6.20 Å². The standard InChI is InChI=1S/C9H14Cl2N4/c1-6(15(2)3)4-12-8-7(10)5-13-9(11)14-8/h5-6H,4H2,1-3H3,(H,12,13,14). The van der Waals surface area contributed by atoms with E-state index in [9.17, 15) is 0 Å². The number of rotatable bonds is 4. The molecule has 6 heteroatoms. The zero-order valence-corrected chi connectivity index (χ0v) is 10.5. The van der Waals surface area contributed by atoms with Crippen molar-refractivity contribution >= 4 is 29.0 Å². The molecule has 15 heavy (non-hydrogen) atoms. The maximum absolute atomic E-state index is 5.90. The van der Waals surface area contributed by atoms with Gasteiger partial charge in [-0.2, -0.15) is 4.98 Å². The van der Waals surface area contributed by atoms with Gasteiger partial charge in [-0.3, -0.25) is 0 Å². The minimum Gasteiger partial charge on any atom is -0.367 e. The maximum Gasteiger partial charge on any atom is 0.224 e. The molecule has 0 amide bonds. The summed E-state index contributed by atoms with van der Waals surface area (Å²) in [6, 6.07) is 0.384. The van der Waals surface area contributed by atoms with Gasteiger partial charge in [0, 0.05) is 12.6 Å². The summed E-state index contributed by atoms with van der Waals surface area (Å²) in [4.78, 5) is 9.87. The summed E-state index contributed by atoms with van der Waals surface area (Å²) in [6.45, 7) is 2.85. The van der Waals surface area contributed by atoms with Crippen molar-refractivity contribution in [1.29, 1.82) is 0 Å². The number of aromatic nitrogens is 2. The molecule has 1 N–H and O–H groups in total. The largest absolute Gasteiger partial charge is 0.367 e. The molecule has 0 bridgehead atoms. The van der Waals surface area contributed by atoms with Crippen LogP contribution in [0, 0.1) is 0 Å². The van der Waals surface area contributed by atoms with Crippen LogP contribution in [-0.4, -0.2) is 41.5 Å². The molecule has 1 unspecified atom stereocenters. The van der Waals surface area contributed by atoms with Crippen molar-refractivity contribution in [3.05, 3.63) is 16.5 Å². The number of hydrogen-bond acceptors (Lipinski definition) is 4. The fourth-order valence-electron chi connectivity index (χ4n) is 0.897. The van der Waals surface area contributed by atoms with E-state index in [1.165, 1.54) is 6.20 Å². The zero-order chi connectivity index (χ0) is 11.4. The first-order valence-electron chi connectivity index (χ1n) is 4.59. The molecule has 0 aliphatic heterocycles. The van der Waals surface area contributed by atoms with Gasteiger partial charge in [-0.05, 0) is 32.6 Å². The van der Waals surface area contributed by atoms with E-state index in [0.29, 0.717) is 16.9 Å². The van der Waals surface area contributed by atoms with Crippen molar-refractivity contribution in [3.8, 4) is 0 Å². The average Bonchev–Trinajstić information content (AvgIpc) is 2.18. The van der Waals surface area contributed by atoms with Crippen molar-refractivity contribution in [3.63, 3.8) is 0 Å². The topological polar surface area (TPSA) is 41.1 Å². The van der Waals surface area contributed by atoms with Crippen molar-refractivity contribution in [1.82, 2.24) is 14.9 Å². The lowest BCUT2D eigenvalue weighted by Crippen LogP contribution is -2.31. The van der Waals surface area contributed by atoms with Crippen molar-refractivity contribution in [2.75, 3.05) is 26.0 Å². The predicted molar refractivity (Wildman–Crippen MR) is 63.7 cm³/mol. The fourth-order valence-corrected chi connectivity index (χ4v) is 1.19. The molecule has 4 nitrogen and oxygen atoms in total. The lowest BCUT2D eigenvalue weighted by molar-refractivity contribution is 0.326. The van der Waals surface area contributed by atoms with Crippen LogP contribution >= 0.6 is 23.2 Å². The molecule has 0 saturated heterocycles. The van der Waals surface area contributed by atoms with E-state index in [0.717, 1.165) is 6.54 Å². The Labute approximate surface area is 99.6 Å². The molecule has 0 aromatic carbocycles. The Morgan fingerprint density at radius 2 is 2.13 bits per heavy atom. The smallest absolute Gasteiger partial charge is 0.224 e. The maximum atomic E-state index is 5.90. The van der Waals surface area contributed by atoms with Gasteiger partial charge in [-0.25, -0.2) is 4.98 Å². The van der Waals surface area contributed by atoms with Crippen LogP contribution in [0.2, 0.25) is 10.3 Å². The van der Waals surface area contributed by atoms with E-state index in [1.807, 2.05) is 14.1 Å². The van der Waals surface area contributed by atoms with Crippen molar-refractivity contribution < 1.29 is 0 Å². The van der Waals surface area contributed by atoms with Gasteiger partial charge in [-0.15, -0.1) is 0 Å². The minimum atomic E-state index is 0.194. The second kappa shape index (κ2) is 5.49. The van der Waals surface area contributed by atoms with E-state index in [2.05, 4.69) is 27.1 Å². The van der Waals surface area contributed by atoms with Gasteiger partial charge in [0.2, 0.25) is 5.28 Å². The summed E-state index contributed by atoms with van der Waals surface area (Å²) in [5.41, 5.74) is 0. The van der Waals surface area contributed by atoms with Gasteiger partial charge in [0.25, 0.3) is 0 Å². The first-order valence-corrected chi connectivity index (χ1v) is 5.34. The number of nitrogens with zero attached hydrogens (tertiary/aromatic N) is 3. The normalized spacial score (nSPS) is 12.9. The van der Waals surface area contributed by atoms with Gasteiger partial charge < -0.3 is 10.2 Å². The summed E-state index contributed by atoms with van der Waals surface area (Å²) in [5, 5.41) is 3.80. The SMILES string of the molecule is CC(CNc1nc(Cl)ncc1Cl)N(C)C. The van der Waals surface area contributed by atoms with E-state index < -0.39 is 0 Å². The lowest BCUT2D eigenvalue weighted by atomic mass is 10.3.